The number of aliphatic hydroxyl groups is 1. The van der Waals surface area contributed by atoms with Crippen LogP contribution in [-0.2, 0) is 0 Å². The average molecular weight is 208 g/mol. The topological polar surface area (TPSA) is 36.4 Å². The number of hydrogen-bond acceptors (Lipinski definition) is 3. The van der Waals surface area contributed by atoms with Crippen molar-refractivity contribution in [3.63, 3.8) is 0 Å². The highest BCUT2D eigenvalue weighted by Gasteiger charge is 2.14. The Hall–Kier alpha value is -0.930. The molecule has 1 N–H and O–H groups in total. The van der Waals surface area contributed by atoms with Crippen molar-refractivity contribution in [2.45, 2.75) is 32.4 Å². The van der Waals surface area contributed by atoms with Crippen molar-refractivity contribution in [2.75, 3.05) is 13.6 Å². The summed E-state index contributed by atoms with van der Waals surface area (Å²) in [5.41, 5.74) is 1.18. The van der Waals surface area contributed by atoms with Crippen LogP contribution in [0.4, 0.5) is 0 Å². The molecule has 0 amide bonds. The van der Waals surface area contributed by atoms with Gasteiger partial charge >= 0.3 is 0 Å². The molecule has 0 aromatic carbocycles. The van der Waals surface area contributed by atoms with E-state index in [-0.39, 0.29) is 6.10 Å². The summed E-state index contributed by atoms with van der Waals surface area (Å²) >= 11 is 0. The second kappa shape index (κ2) is 5.83. The average Bonchev–Trinajstić information content (AvgIpc) is 2.29. The maximum atomic E-state index is 9.57. The molecule has 0 fully saturated rings. The van der Waals surface area contributed by atoms with Crippen LogP contribution in [0.3, 0.4) is 0 Å². The minimum Gasteiger partial charge on any atom is -0.392 e. The van der Waals surface area contributed by atoms with E-state index < -0.39 is 0 Å². The van der Waals surface area contributed by atoms with Crippen molar-refractivity contribution in [1.82, 2.24) is 9.88 Å². The summed E-state index contributed by atoms with van der Waals surface area (Å²) in [6, 6.07) is 4.29. The molecule has 0 spiro atoms. The van der Waals surface area contributed by atoms with Crippen LogP contribution in [0.2, 0.25) is 0 Å². The van der Waals surface area contributed by atoms with Gasteiger partial charge in [0.15, 0.2) is 0 Å². The number of nitrogens with zero attached hydrogens (tertiary/aromatic N) is 2. The van der Waals surface area contributed by atoms with Gasteiger partial charge in [-0.1, -0.05) is 13.0 Å². The Bertz CT molecular complexity index is 276. The van der Waals surface area contributed by atoms with Crippen molar-refractivity contribution in [1.29, 1.82) is 0 Å². The normalized spacial score (nSPS) is 15.3. The first-order chi connectivity index (χ1) is 7.15. The molecule has 3 nitrogen and oxygen atoms in total. The Morgan fingerprint density at radius 3 is 2.80 bits per heavy atom. The summed E-state index contributed by atoms with van der Waals surface area (Å²) in [6.07, 6.45) is 4.20. The van der Waals surface area contributed by atoms with Crippen LogP contribution >= 0.6 is 0 Å². The van der Waals surface area contributed by atoms with Gasteiger partial charge in [0, 0.05) is 25.0 Å². The van der Waals surface area contributed by atoms with E-state index in [0.717, 1.165) is 6.42 Å². The second-order valence-corrected chi connectivity index (χ2v) is 3.96. The number of aromatic nitrogens is 1. The number of pyridine rings is 1. The zero-order chi connectivity index (χ0) is 11.3. The van der Waals surface area contributed by atoms with E-state index >= 15 is 0 Å². The predicted molar refractivity (Wildman–Crippen MR) is 61.6 cm³/mol. The Morgan fingerprint density at radius 1 is 1.53 bits per heavy atom. The lowest BCUT2D eigenvalue weighted by molar-refractivity contribution is 0.105. The number of rotatable bonds is 5. The first-order valence-corrected chi connectivity index (χ1v) is 5.43. The molecule has 2 atom stereocenters. The summed E-state index contributed by atoms with van der Waals surface area (Å²) in [7, 11) is 2.02. The lowest BCUT2D eigenvalue weighted by atomic mass is 10.1. The van der Waals surface area contributed by atoms with Crippen LogP contribution < -0.4 is 0 Å². The highest BCUT2D eigenvalue weighted by molar-refractivity contribution is 5.12. The molecule has 1 heterocycles. The molecule has 0 aliphatic carbocycles. The molecule has 84 valence electrons. The molecule has 1 rings (SSSR count). The third-order valence-electron chi connectivity index (χ3n) is 2.80. The molecule has 0 bridgehead atoms. The van der Waals surface area contributed by atoms with Gasteiger partial charge in [-0.05, 0) is 32.0 Å². The molecule has 0 aliphatic heterocycles. The maximum absolute atomic E-state index is 9.57. The molecule has 15 heavy (non-hydrogen) atoms. The standard InChI is InChI=1S/C12H20N2O/c1-4-12(15)9-14(3)10(2)11-6-5-7-13-8-11/h5-8,10,12,15H,4,9H2,1-3H3/t10?,12-/m1/s1. The highest BCUT2D eigenvalue weighted by Crippen LogP contribution is 2.17. The zero-order valence-electron chi connectivity index (χ0n) is 9.72. The molecule has 0 saturated heterocycles. The van der Waals surface area contributed by atoms with Gasteiger partial charge in [0.2, 0.25) is 0 Å². The van der Waals surface area contributed by atoms with E-state index in [4.69, 9.17) is 0 Å². The summed E-state index contributed by atoms with van der Waals surface area (Å²) in [6.45, 7) is 4.82. The Labute approximate surface area is 91.8 Å². The first-order valence-electron chi connectivity index (χ1n) is 5.43. The molecule has 3 heteroatoms. The van der Waals surface area contributed by atoms with Gasteiger partial charge in [0.25, 0.3) is 0 Å². The van der Waals surface area contributed by atoms with Crippen LogP contribution in [-0.4, -0.2) is 34.7 Å². The fraction of sp³-hybridized carbons (Fsp3) is 0.583. The smallest absolute Gasteiger partial charge is 0.0664 e. The minimum atomic E-state index is -0.242. The minimum absolute atomic E-state index is 0.242. The molecular weight excluding hydrogens is 188 g/mol. The number of hydrogen-bond donors (Lipinski definition) is 1. The summed E-state index contributed by atoms with van der Waals surface area (Å²) in [5.74, 6) is 0. The maximum Gasteiger partial charge on any atom is 0.0664 e. The molecule has 0 radical (unpaired) electrons. The van der Waals surface area contributed by atoms with Gasteiger partial charge in [-0.2, -0.15) is 0 Å². The molecular formula is C12H20N2O. The van der Waals surface area contributed by atoms with E-state index in [0.29, 0.717) is 12.6 Å². The third kappa shape index (κ3) is 3.61. The summed E-state index contributed by atoms with van der Waals surface area (Å²) in [4.78, 5) is 6.24. The van der Waals surface area contributed by atoms with Gasteiger partial charge in [-0.25, -0.2) is 0 Å². The van der Waals surface area contributed by atoms with Crippen LogP contribution in [0.5, 0.6) is 0 Å². The van der Waals surface area contributed by atoms with E-state index in [1.165, 1.54) is 5.56 Å². The van der Waals surface area contributed by atoms with Crippen LogP contribution in [0.1, 0.15) is 31.9 Å². The van der Waals surface area contributed by atoms with E-state index in [1.54, 1.807) is 6.20 Å². The molecule has 1 aromatic rings. The van der Waals surface area contributed by atoms with Crippen molar-refractivity contribution in [3.05, 3.63) is 30.1 Å². The van der Waals surface area contributed by atoms with E-state index in [1.807, 2.05) is 26.2 Å². The highest BCUT2D eigenvalue weighted by atomic mass is 16.3. The van der Waals surface area contributed by atoms with Gasteiger partial charge in [0.1, 0.15) is 0 Å². The van der Waals surface area contributed by atoms with Crippen molar-refractivity contribution in [2.24, 2.45) is 0 Å². The molecule has 0 saturated carbocycles. The first kappa shape index (κ1) is 12.1. The molecule has 0 aliphatic rings. The van der Waals surface area contributed by atoms with Gasteiger partial charge in [-0.3, -0.25) is 9.88 Å². The largest absolute Gasteiger partial charge is 0.392 e. The van der Waals surface area contributed by atoms with Crippen molar-refractivity contribution >= 4 is 0 Å². The second-order valence-electron chi connectivity index (χ2n) is 3.96. The van der Waals surface area contributed by atoms with Gasteiger partial charge in [-0.15, -0.1) is 0 Å². The Kier molecular flexibility index (Phi) is 4.72. The summed E-state index contributed by atoms with van der Waals surface area (Å²) in [5, 5.41) is 9.57. The Morgan fingerprint density at radius 2 is 2.27 bits per heavy atom. The lowest BCUT2D eigenvalue weighted by Gasteiger charge is -2.26. The number of aliphatic hydroxyl groups excluding tert-OH is 1. The predicted octanol–water partition coefficient (Wildman–Crippen LogP) is 1.85. The molecule has 1 aromatic heterocycles. The van der Waals surface area contributed by atoms with Crippen LogP contribution in [0, 0.1) is 0 Å². The third-order valence-corrected chi connectivity index (χ3v) is 2.80. The fourth-order valence-electron chi connectivity index (χ4n) is 1.50. The fourth-order valence-corrected chi connectivity index (χ4v) is 1.50. The van der Waals surface area contributed by atoms with Gasteiger partial charge < -0.3 is 5.11 Å². The monoisotopic (exact) mass is 208 g/mol. The lowest BCUT2D eigenvalue weighted by Crippen LogP contribution is -2.31. The van der Waals surface area contributed by atoms with Gasteiger partial charge in [0.05, 0.1) is 6.10 Å². The SMILES string of the molecule is CC[C@@H](O)CN(C)C(C)c1cccnc1. The van der Waals surface area contributed by atoms with E-state index in [2.05, 4.69) is 22.9 Å². The summed E-state index contributed by atoms with van der Waals surface area (Å²) < 4.78 is 0. The quantitative estimate of drug-likeness (QED) is 0.802. The molecule has 1 unspecified atom stereocenters. The Balaban J connectivity index is 2.57. The van der Waals surface area contributed by atoms with Crippen LogP contribution in [0.15, 0.2) is 24.5 Å². The van der Waals surface area contributed by atoms with E-state index in [9.17, 15) is 5.11 Å². The van der Waals surface area contributed by atoms with Crippen molar-refractivity contribution in [3.8, 4) is 0 Å². The number of likely N-dealkylation sites (N-methyl/N-ethyl adjacent to an activating group) is 1. The zero-order valence-corrected chi connectivity index (χ0v) is 9.72. The van der Waals surface area contributed by atoms with Crippen molar-refractivity contribution < 1.29 is 5.11 Å². The van der Waals surface area contributed by atoms with Crippen LogP contribution in [0.25, 0.3) is 0 Å².